The highest BCUT2D eigenvalue weighted by molar-refractivity contribution is 5.88. The van der Waals surface area contributed by atoms with E-state index in [1.54, 1.807) is 6.08 Å². The molecule has 3 atom stereocenters. The maximum atomic E-state index is 12.2. The summed E-state index contributed by atoms with van der Waals surface area (Å²) in [6, 6.07) is 10.1. The second-order valence-corrected chi connectivity index (χ2v) is 9.63. The maximum Gasteiger partial charge on any atom is 0.244 e. The van der Waals surface area contributed by atoms with Crippen LogP contribution >= 0.6 is 0 Å². The summed E-state index contributed by atoms with van der Waals surface area (Å²) < 4.78 is 0. The van der Waals surface area contributed by atoms with Crippen LogP contribution in [0, 0.1) is 17.8 Å². The van der Waals surface area contributed by atoms with E-state index < -0.39 is 0 Å². The second kappa shape index (κ2) is 15.0. The molecular weight excluding hydrogens is 366 g/mol. The van der Waals surface area contributed by atoms with E-state index in [1.807, 2.05) is 44.2 Å². The predicted molar refractivity (Wildman–Crippen MR) is 131 cm³/mol. The number of allylic oxidation sites excluding steroid dienone is 3. The van der Waals surface area contributed by atoms with Crippen LogP contribution in [0.4, 0.5) is 0 Å². The van der Waals surface area contributed by atoms with Gasteiger partial charge in [-0.05, 0) is 49.2 Å². The molecule has 0 aromatic heterocycles. The van der Waals surface area contributed by atoms with Gasteiger partial charge in [-0.15, -0.1) is 0 Å². The summed E-state index contributed by atoms with van der Waals surface area (Å²) in [5.74, 6) is 2.35. The van der Waals surface area contributed by atoms with Crippen molar-refractivity contribution in [2.24, 2.45) is 17.8 Å². The van der Waals surface area contributed by atoms with Gasteiger partial charge in [-0.25, -0.2) is 0 Å². The highest BCUT2D eigenvalue weighted by Gasteiger charge is 2.07. The van der Waals surface area contributed by atoms with E-state index >= 15 is 0 Å². The van der Waals surface area contributed by atoms with Crippen LogP contribution in [-0.2, 0) is 4.79 Å². The lowest BCUT2D eigenvalue weighted by Gasteiger charge is -2.14. The van der Waals surface area contributed by atoms with Gasteiger partial charge in [-0.1, -0.05) is 109 Å². The standard InChI is InChI=1S/C28H45NO/c1-22(2)13-10-14-23(3)15-11-16-24(4)17-12-18-25(5)21-28(30)29-26(6)27-19-8-7-9-20-27/h7-9,12,18-24,26H,10-11,13-17H2,1-6H3,(H,29,30). The van der Waals surface area contributed by atoms with Crippen LogP contribution in [0.25, 0.3) is 0 Å². The number of amides is 1. The van der Waals surface area contributed by atoms with E-state index in [2.05, 4.69) is 45.2 Å². The minimum atomic E-state index is -0.0343. The van der Waals surface area contributed by atoms with Crippen LogP contribution in [0.1, 0.15) is 98.1 Å². The lowest BCUT2D eigenvalue weighted by Crippen LogP contribution is -2.24. The monoisotopic (exact) mass is 411 g/mol. The molecule has 168 valence electrons. The first-order valence-corrected chi connectivity index (χ1v) is 12.0. The van der Waals surface area contributed by atoms with E-state index in [9.17, 15) is 4.79 Å². The number of benzene rings is 1. The van der Waals surface area contributed by atoms with Gasteiger partial charge in [0, 0.05) is 6.08 Å². The SMILES string of the molecule is CC(C=CCC(C)CCCC(C)CCCC(C)C)=CC(=O)NC(C)c1ccccc1. The molecule has 1 rings (SSSR count). The van der Waals surface area contributed by atoms with Gasteiger partial charge in [-0.3, -0.25) is 4.79 Å². The van der Waals surface area contributed by atoms with Crippen LogP contribution in [0.2, 0.25) is 0 Å². The number of carbonyl (C=O) groups is 1. The summed E-state index contributed by atoms with van der Waals surface area (Å²) in [5.41, 5.74) is 2.12. The van der Waals surface area contributed by atoms with E-state index in [0.29, 0.717) is 5.92 Å². The van der Waals surface area contributed by atoms with Crippen molar-refractivity contribution in [1.82, 2.24) is 5.32 Å². The van der Waals surface area contributed by atoms with Gasteiger partial charge in [0.1, 0.15) is 0 Å². The summed E-state index contributed by atoms with van der Waals surface area (Å²) in [4.78, 5) is 12.2. The Kier molecular flexibility index (Phi) is 13.1. The van der Waals surface area contributed by atoms with Crippen LogP contribution in [0.5, 0.6) is 0 Å². The minimum absolute atomic E-state index is 0.0134. The van der Waals surface area contributed by atoms with E-state index in [1.165, 1.54) is 38.5 Å². The third-order valence-electron chi connectivity index (χ3n) is 5.81. The van der Waals surface area contributed by atoms with Gasteiger partial charge >= 0.3 is 0 Å². The van der Waals surface area contributed by atoms with Gasteiger partial charge in [0.25, 0.3) is 0 Å². The number of nitrogens with one attached hydrogen (secondary N) is 1. The Bertz CT molecular complexity index is 644. The predicted octanol–water partition coefficient (Wildman–Crippen LogP) is 8.03. The Balaban J connectivity index is 2.25. The molecule has 0 spiro atoms. The summed E-state index contributed by atoms with van der Waals surface area (Å²) in [5, 5.41) is 3.04. The van der Waals surface area contributed by atoms with Crippen molar-refractivity contribution in [2.45, 2.75) is 92.5 Å². The van der Waals surface area contributed by atoms with Crippen molar-refractivity contribution in [3.05, 3.63) is 59.7 Å². The molecule has 2 heteroatoms. The topological polar surface area (TPSA) is 29.1 Å². The highest BCUT2D eigenvalue weighted by atomic mass is 16.1. The molecule has 1 amide bonds. The molecular formula is C28H45NO. The highest BCUT2D eigenvalue weighted by Crippen LogP contribution is 2.20. The summed E-state index contributed by atoms with van der Waals surface area (Å²) in [6.45, 7) is 13.4. The van der Waals surface area contributed by atoms with Crippen LogP contribution in [0.15, 0.2) is 54.1 Å². The second-order valence-electron chi connectivity index (χ2n) is 9.63. The largest absolute Gasteiger partial charge is 0.346 e. The fourth-order valence-corrected chi connectivity index (χ4v) is 3.77. The van der Waals surface area contributed by atoms with Gasteiger partial charge in [0.2, 0.25) is 5.91 Å². The Morgan fingerprint density at radius 2 is 1.50 bits per heavy atom. The molecule has 0 fully saturated rings. The number of rotatable bonds is 14. The first-order valence-electron chi connectivity index (χ1n) is 12.0. The third-order valence-corrected chi connectivity index (χ3v) is 5.81. The number of hydrogen-bond donors (Lipinski definition) is 1. The molecule has 0 saturated heterocycles. The molecule has 3 unspecified atom stereocenters. The number of hydrogen-bond acceptors (Lipinski definition) is 1. The zero-order valence-corrected chi connectivity index (χ0v) is 20.3. The zero-order valence-electron chi connectivity index (χ0n) is 20.3. The molecule has 0 aliphatic rings. The molecule has 0 aliphatic carbocycles. The van der Waals surface area contributed by atoms with Crippen molar-refractivity contribution in [3.8, 4) is 0 Å². The fraction of sp³-hybridized carbons (Fsp3) is 0.607. The third kappa shape index (κ3) is 12.7. The smallest absolute Gasteiger partial charge is 0.244 e. The van der Waals surface area contributed by atoms with Crippen LogP contribution in [-0.4, -0.2) is 5.91 Å². The molecule has 30 heavy (non-hydrogen) atoms. The van der Waals surface area contributed by atoms with Crippen LogP contribution in [0.3, 0.4) is 0 Å². The van der Waals surface area contributed by atoms with E-state index in [4.69, 9.17) is 0 Å². The van der Waals surface area contributed by atoms with Gasteiger partial charge in [0.05, 0.1) is 6.04 Å². The average Bonchev–Trinajstić information content (AvgIpc) is 2.68. The Morgan fingerprint density at radius 1 is 0.900 bits per heavy atom. The summed E-state index contributed by atoms with van der Waals surface area (Å²) in [7, 11) is 0. The quantitative estimate of drug-likeness (QED) is 0.244. The van der Waals surface area contributed by atoms with Crippen LogP contribution < -0.4 is 5.32 Å². The molecule has 1 aromatic rings. The van der Waals surface area contributed by atoms with E-state index in [0.717, 1.165) is 29.4 Å². The van der Waals surface area contributed by atoms with Gasteiger partial charge in [-0.2, -0.15) is 0 Å². The average molecular weight is 412 g/mol. The molecule has 0 heterocycles. The zero-order chi connectivity index (χ0) is 22.4. The van der Waals surface area contributed by atoms with E-state index in [-0.39, 0.29) is 11.9 Å². The molecule has 1 N–H and O–H groups in total. The molecule has 0 aliphatic heterocycles. The molecule has 0 radical (unpaired) electrons. The molecule has 0 saturated carbocycles. The number of carbonyl (C=O) groups excluding carboxylic acids is 1. The van der Waals surface area contributed by atoms with Gasteiger partial charge in [0.15, 0.2) is 0 Å². The first-order chi connectivity index (χ1) is 14.3. The maximum absolute atomic E-state index is 12.2. The van der Waals surface area contributed by atoms with Crippen molar-refractivity contribution in [1.29, 1.82) is 0 Å². The Labute approximate surface area is 186 Å². The summed E-state index contributed by atoms with van der Waals surface area (Å²) in [6.07, 6.45) is 15.2. The molecule has 2 nitrogen and oxygen atoms in total. The van der Waals surface area contributed by atoms with Crippen molar-refractivity contribution >= 4 is 5.91 Å². The normalized spacial score (nSPS) is 15.4. The molecule has 1 aromatic carbocycles. The van der Waals surface area contributed by atoms with Crippen molar-refractivity contribution in [2.75, 3.05) is 0 Å². The molecule has 0 bridgehead atoms. The minimum Gasteiger partial charge on any atom is -0.346 e. The van der Waals surface area contributed by atoms with Gasteiger partial charge < -0.3 is 5.32 Å². The Hall–Kier alpha value is -1.83. The lowest BCUT2D eigenvalue weighted by atomic mass is 9.92. The Morgan fingerprint density at radius 3 is 2.13 bits per heavy atom. The van der Waals surface area contributed by atoms with Crippen molar-refractivity contribution < 1.29 is 4.79 Å². The fourth-order valence-electron chi connectivity index (χ4n) is 3.77. The first kappa shape index (κ1) is 26.2. The lowest BCUT2D eigenvalue weighted by molar-refractivity contribution is -0.117. The van der Waals surface area contributed by atoms with Crippen molar-refractivity contribution in [3.63, 3.8) is 0 Å². The summed E-state index contributed by atoms with van der Waals surface area (Å²) >= 11 is 0.